The quantitative estimate of drug-likeness (QED) is 0.792. The molecule has 0 bridgehead atoms. The van der Waals surface area contributed by atoms with Crippen molar-refractivity contribution in [3.8, 4) is 0 Å². The lowest BCUT2D eigenvalue weighted by Gasteiger charge is -2.35. The maximum atomic E-state index is 12.8. The van der Waals surface area contributed by atoms with Gasteiger partial charge in [-0.2, -0.15) is 0 Å². The zero-order valence-electron chi connectivity index (χ0n) is 13.6. The summed E-state index contributed by atoms with van der Waals surface area (Å²) in [5.41, 5.74) is 2.85. The van der Waals surface area contributed by atoms with E-state index in [0.29, 0.717) is 16.1 Å². The number of hydrazine groups is 1. The first-order chi connectivity index (χ1) is 11.2. The fraction of sp³-hybridized carbons (Fsp3) is 0.222. The first kappa shape index (κ1) is 18.3. The van der Waals surface area contributed by atoms with Crippen molar-refractivity contribution in [1.82, 2.24) is 10.4 Å². The largest absolute Gasteiger partial charge is 0.272 e. The molecule has 126 valence electrons. The van der Waals surface area contributed by atoms with E-state index in [1.54, 1.807) is 36.4 Å². The fourth-order valence-corrected chi connectivity index (χ4v) is 2.34. The van der Waals surface area contributed by atoms with E-state index in [0.717, 1.165) is 0 Å². The molecule has 6 heteroatoms. The number of amides is 2. The van der Waals surface area contributed by atoms with Crippen LogP contribution in [0.1, 0.15) is 41.5 Å². The highest BCUT2D eigenvalue weighted by Gasteiger charge is 2.29. The first-order valence-electron chi connectivity index (χ1n) is 7.36. The molecule has 1 N–H and O–H groups in total. The number of nitrogens with one attached hydrogen (secondary N) is 1. The van der Waals surface area contributed by atoms with Crippen LogP contribution in [0, 0.1) is 0 Å². The summed E-state index contributed by atoms with van der Waals surface area (Å²) in [7, 11) is 0. The zero-order valence-corrected chi connectivity index (χ0v) is 15.2. The summed E-state index contributed by atoms with van der Waals surface area (Å²) in [6.45, 7) is 5.48. The van der Waals surface area contributed by atoms with Crippen LogP contribution < -0.4 is 5.43 Å². The predicted molar refractivity (Wildman–Crippen MR) is 96.3 cm³/mol. The topological polar surface area (TPSA) is 49.4 Å². The minimum atomic E-state index is -0.631. The van der Waals surface area contributed by atoms with Crippen molar-refractivity contribution in [1.29, 1.82) is 0 Å². The second kappa shape index (κ2) is 7.24. The van der Waals surface area contributed by atoms with Crippen LogP contribution in [0.5, 0.6) is 0 Å². The van der Waals surface area contributed by atoms with Crippen molar-refractivity contribution in [2.45, 2.75) is 26.3 Å². The van der Waals surface area contributed by atoms with E-state index in [9.17, 15) is 9.59 Å². The molecule has 2 aromatic rings. The van der Waals surface area contributed by atoms with Gasteiger partial charge in [-0.3, -0.25) is 15.0 Å². The lowest BCUT2D eigenvalue weighted by atomic mass is 10.1. The Bertz CT molecular complexity index is 755. The molecule has 0 unspecified atom stereocenters. The third kappa shape index (κ3) is 4.28. The average Bonchev–Trinajstić information content (AvgIpc) is 2.54. The third-order valence-electron chi connectivity index (χ3n) is 3.29. The predicted octanol–water partition coefficient (Wildman–Crippen LogP) is 4.58. The molecular weight excluding hydrogens is 347 g/mol. The van der Waals surface area contributed by atoms with E-state index < -0.39 is 5.54 Å². The Balaban J connectivity index is 2.30. The summed E-state index contributed by atoms with van der Waals surface area (Å²) in [6, 6.07) is 13.3. The number of carbonyl (C=O) groups excluding carboxylic acids is 2. The first-order valence-corrected chi connectivity index (χ1v) is 8.11. The fourth-order valence-electron chi connectivity index (χ4n) is 2.04. The molecule has 4 nitrogen and oxygen atoms in total. The van der Waals surface area contributed by atoms with Crippen molar-refractivity contribution < 1.29 is 9.59 Å². The van der Waals surface area contributed by atoms with Gasteiger partial charge >= 0.3 is 0 Å². The summed E-state index contributed by atoms with van der Waals surface area (Å²) >= 11 is 11.9. The third-order valence-corrected chi connectivity index (χ3v) is 4.03. The van der Waals surface area contributed by atoms with Gasteiger partial charge < -0.3 is 0 Å². The maximum absolute atomic E-state index is 12.8. The standard InChI is InChI=1S/C18H18Cl2N2O2/c1-18(2,3)22(21-16(23)12-7-5-4-6-8-12)17(24)13-9-10-14(19)15(20)11-13/h4-11H,1-3H3,(H,21,23). The van der Waals surface area contributed by atoms with E-state index in [1.165, 1.54) is 11.1 Å². The van der Waals surface area contributed by atoms with Gasteiger partial charge in [0.2, 0.25) is 0 Å². The van der Waals surface area contributed by atoms with E-state index in [2.05, 4.69) is 5.43 Å². The van der Waals surface area contributed by atoms with Crippen LogP contribution in [0.15, 0.2) is 48.5 Å². The summed E-state index contributed by atoms with van der Waals surface area (Å²) < 4.78 is 0. The molecule has 0 heterocycles. The molecule has 24 heavy (non-hydrogen) atoms. The second-order valence-corrected chi connectivity index (χ2v) is 7.06. The highest BCUT2D eigenvalue weighted by Crippen LogP contribution is 2.24. The molecule has 0 radical (unpaired) electrons. The Hall–Kier alpha value is -2.04. The van der Waals surface area contributed by atoms with Gasteiger partial charge in [-0.15, -0.1) is 0 Å². The maximum Gasteiger partial charge on any atom is 0.272 e. The molecule has 0 aromatic heterocycles. The molecule has 0 spiro atoms. The van der Waals surface area contributed by atoms with Gasteiger partial charge in [-0.05, 0) is 51.1 Å². The van der Waals surface area contributed by atoms with Gasteiger partial charge in [0.1, 0.15) is 0 Å². The molecule has 0 aliphatic carbocycles. The monoisotopic (exact) mass is 364 g/mol. The van der Waals surface area contributed by atoms with E-state index in [-0.39, 0.29) is 16.8 Å². The van der Waals surface area contributed by atoms with Crippen LogP contribution in [0.4, 0.5) is 0 Å². The molecule has 2 rings (SSSR count). The van der Waals surface area contributed by atoms with Crippen LogP contribution >= 0.6 is 23.2 Å². The lowest BCUT2D eigenvalue weighted by molar-refractivity contribution is 0.0358. The minimum Gasteiger partial charge on any atom is -0.267 e. The number of rotatable bonds is 2. The smallest absolute Gasteiger partial charge is 0.267 e. The summed E-state index contributed by atoms with van der Waals surface area (Å²) in [4.78, 5) is 25.2. The Labute approximate surface area is 151 Å². The molecule has 0 fully saturated rings. The highest BCUT2D eigenvalue weighted by molar-refractivity contribution is 6.42. The van der Waals surface area contributed by atoms with Crippen LogP contribution in [0.2, 0.25) is 10.0 Å². The number of nitrogens with zero attached hydrogens (tertiary/aromatic N) is 1. The van der Waals surface area contributed by atoms with Crippen molar-refractivity contribution in [3.63, 3.8) is 0 Å². The normalized spacial score (nSPS) is 11.0. The van der Waals surface area contributed by atoms with Crippen LogP contribution in [0.3, 0.4) is 0 Å². The number of hydrogen-bond donors (Lipinski definition) is 1. The minimum absolute atomic E-state index is 0.283. The highest BCUT2D eigenvalue weighted by atomic mass is 35.5. The Morgan fingerprint density at radius 3 is 2.08 bits per heavy atom. The Morgan fingerprint density at radius 2 is 1.54 bits per heavy atom. The van der Waals surface area contributed by atoms with Gasteiger partial charge in [0, 0.05) is 11.1 Å². The van der Waals surface area contributed by atoms with Crippen LogP contribution in [-0.2, 0) is 0 Å². The molecule has 0 aliphatic rings. The second-order valence-electron chi connectivity index (χ2n) is 6.25. The van der Waals surface area contributed by atoms with Gasteiger partial charge in [0.15, 0.2) is 0 Å². The van der Waals surface area contributed by atoms with Gasteiger partial charge in [-0.1, -0.05) is 41.4 Å². The number of hydrogen-bond acceptors (Lipinski definition) is 2. The molecule has 2 aromatic carbocycles. The average molecular weight is 365 g/mol. The number of benzene rings is 2. The molecule has 0 saturated carbocycles. The van der Waals surface area contributed by atoms with Crippen LogP contribution in [-0.4, -0.2) is 22.4 Å². The molecule has 0 atom stereocenters. The molecule has 0 saturated heterocycles. The summed E-state index contributed by atoms with van der Waals surface area (Å²) in [6.07, 6.45) is 0. The molecule has 0 aliphatic heterocycles. The Kier molecular flexibility index (Phi) is 5.52. The summed E-state index contributed by atoms with van der Waals surface area (Å²) in [5, 5.41) is 1.94. The van der Waals surface area contributed by atoms with E-state index in [4.69, 9.17) is 23.2 Å². The van der Waals surface area contributed by atoms with Crippen molar-refractivity contribution >= 4 is 35.0 Å². The zero-order chi connectivity index (χ0) is 17.9. The number of halogens is 2. The van der Waals surface area contributed by atoms with Crippen molar-refractivity contribution in [2.24, 2.45) is 0 Å². The molecular formula is C18H18Cl2N2O2. The SMILES string of the molecule is CC(C)(C)N(NC(=O)c1ccccc1)C(=O)c1ccc(Cl)c(Cl)c1. The van der Waals surface area contributed by atoms with Gasteiger partial charge in [0.05, 0.1) is 15.6 Å². The summed E-state index contributed by atoms with van der Waals surface area (Å²) in [5.74, 6) is -0.732. The lowest BCUT2D eigenvalue weighted by Crippen LogP contribution is -2.55. The van der Waals surface area contributed by atoms with Gasteiger partial charge in [0.25, 0.3) is 11.8 Å². The Morgan fingerprint density at radius 1 is 0.917 bits per heavy atom. The number of carbonyl (C=O) groups is 2. The van der Waals surface area contributed by atoms with Crippen LogP contribution in [0.25, 0.3) is 0 Å². The molecule has 2 amide bonds. The van der Waals surface area contributed by atoms with Crippen molar-refractivity contribution in [2.75, 3.05) is 0 Å². The van der Waals surface area contributed by atoms with Gasteiger partial charge in [-0.25, -0.2) is 5.01 Å². The van der Waals surface area contributed by atoms with E-state index in [1.807, 2.05) is 26.8 Å². The van der Waals surface area contributed by atoms with Crippen molar-refractivity contribution in [3.05, 3.63) is 69.7 Å². The van der Waals surface area contributed by atoms with E-state index >= 15 is 0 Å².